The highest BCUT2D eigenvalue weighted by molar-refractivity contribution is 6.31. The Morgan fingerprint density at radius 2 is 1.00 bits per heavy atom. The van der Waals surface area contributed by atoms with Gasteiger partial charge in [0, 0.05) is 31.1 Å². The molecule has 0 atom stereocenters. The molecule has 1 nitrogen and oxygen atoms in total. The van der Waals surface area contributed by atoms with E-state index in [1.807, 2.05) is 0 Å². The zero-order chi connectivity index (χ0) is 15.1. The molecule has 2 heterocycles. The Labute approximate surface area is 139 Å². The molecule has 0 aliphatic heterocycles. The molecule has 0 saturated carbocycles. The first-order chi connectivity index (χ1) is 10.9. The predicted molar refractivity (Wildman–Crippen MR) is 108 cm³/mol. The average molecular weight is 318 g/mol. The zero-order valence-electron chi connectivity index (χ0n) is 13.0. The van der Waals surface area contributed by atoms with E-state index in [-0.39, 0.29) is 7.43 Å². The minimum atomic E-state index is 0. The van der Waals surface area contributed by atoms with Crippen LogP contribution in [0.1, 0.15) is 7.43 Å². The number of aromatic nitrogens is 1. The van der Waals surface area contributed by atoms with E-state index in [1.54, 1.807) is 0 Å². The maximum atomic E-state index is 2.40. The van der Waals surface area contributed by atoms with Gasteiger partial charge in [-0.1, -0.05) is 75.1 Å². The lowest BCUT2D eigenvalue weighted by Crippen LogP contribution is -1.78. The number of hydrogen-bond donors (Lipinski definition) is 0. The van der Waals surface area contributed by atoms with Gasteiger partial charge in [-0.15, -0.1) is 0 Å². The molecule has 3 aromatic carbocycles. The summed E-state index contributed by atoms with van der Waals surface area (Å²) < 4.78 is 2.40. The van der Waals surface area contributed by atoms with Crippen molar-refractivity contribution in [1.29, 1.82) is 0 Å². The highest BCUT2D eigenvalue weighted by Crippen LogP contribution is 2.38. The van der Waals surface area contributed by atoms with Gasteiger partial charge in [0.2, 0.25) is 0 Å². The third kappa shape index (κ3) is 2.13. The standard InChI is InChI=1S/C18H11N.C2H8Si.CH4/c1-3-10-16-12(6-1)14-8-5-9-15-13-7-2-4-11-17(13)19(16)18(14)15;1-3-2;/h1-11H;3H2,1-2H3;1H4. The fourth-order valence-corrected chi connectivity index (χ4v) is 3.38. The maximum absolute atomic E-state index is 2.40. The summed E-state index contributed by atoms with van der Waals surface area (Å²) in [6, 6.07) is 23.9. The number of para-hydroxylation sites is 3. The fraction of sp³-hybridized carbons (Fsp3) is 0.143. The summed E-state index contributed by atoms with van der Waals surface area (Å²) in [5.74, 6) is 0. The SMILES string of the molecule is C.C[SiH2]C.c1ccc2c(c1)c1cccc3c4ccccc4n2c13. The van der Waals surface area contributed by atoms with E-state index in [0.717, 1.165) is 0 Å². The Balaban J connectivity index is 0.000000366. The predicted octanol–water partition coefficient (Wildman–Crippen LogP) is 5.72. The lowest BCUT2D eigenvalue weighted by Gasteiger charge is -1.95. The Morgan fingerprint density at radius 3 is 1.48 bits per heavy atom. The minimum absolute atomic E-state index is 0. The lowest BCUT2D eigenvalue weighted by atomic mass is 10.1. The molecule has 0 unspecified atom stereocenters. The first kappa shape index (κ1) is 15.6. The Bertz CT molecular complexity index is 994. The molecule has 0 spiro atoms. The van der Waals surface area contributed by atoms with Crippen LogP contribution in [-0.4, -0.2) is 13.9 Å². The molecule has 2 aromatic heterocycles. The quantitative estimate of drug-likeness (QED) is 0.322. The number of nitrogens with zero attached hydrogens (tertiary/aromatic N) is 1. The molecule has 0 bridgehead atoms. The van der Waals surface area contributed by atoms with E-state index in [1.165, 1.54) is 38.1 Å². The zero-order valence-corrected chi connectivity index (χ0v) is 14.4. The molecule has 0 saturated heterocycles. The second kappa shape index (κ2) is 6.05. The van der Waals surface area contributed by atoms with Crippen LogP contribution in [0, 0.1) is 0 Å². The third-order valence-corrected chi connectivity index (χ3v) is 4.13. The van der Waals surface area contributed by atoms with Gasteiger partial charge in [-0.25, -0.2) is 0 Å². The number of fused-ring (bicyclic) bond motifs is 6. The van der Waals surface area contributed by atoms with Gasteiger partial charge < -0.3 is 4.40 Å². The third-order valence-electron chi connectivity index (χ3n) is 4.13. The highest BCUT2D eigenvalue weighted by Gasteiger charge is 2.15. The summed E-state index contributed by atoms with van der Waals surface area (Å²) >= 11 is 0. The van der Waals surface area contributed by atoms with E-state index < -0.39 is 0 Å². The van der Waals surface area contributed by atoms with Crippen LogP contribution in [0.4, 0.5) is 0 Å². The molecule has 0 radical (unpaired) electrons. The summed E-state index contributed by atoms with van der Waals surface area (Å²) in [7, 11) is 0.417. The summed E-state index contributed by atoms with van der Waals surface area (Å²) in [4.78, 5) is 0. The van der Waals surface area contributed by atoms with Crippen molar-refractivity contribution >= 4 is 47.6 Å². The van der Waals surface area contributed by atoms with Crippen molar-refractivity contribution in [3.8, 4) is 0 Å². The highest BCUT2D eigenvalue weighted by atomic mass is 28.2. The van der Waals surface area contributed by atoms with E-state index in [0.29, 0.717) is 9.52 Å². The Morgan fingerprint density at radius 1 is 0.609 bits per heavy atom. The molecular weight excluding hydrogens is 294 g/mol. The molecule has 0 aliphatic rings. The van der Waals surface area contributed by atoms with E-state index in [9.17, 15) is 0 Å². The van der Waals surface area contributed by atoms with Crippen molar-refractivity contribution in [3.05, 3.63) is 66.7 Å². The molecule has 5 aromatic rings. The molecular formula is C21H23NSi. The van der Waals surface area contributed by atoms with Crippen LogP contribution in [0.3, 0.4) is 0 Å². The van der Waals surface area contributed by atoms with Crippen LogP contribution in [-0.2, 0) is 0 Å². The second-order valence-electron chi connectivity index (χ2n) is 5.78. The summed E-state index contributed by atoms with van der Waals surface area (Å²) in [5, 5.41) is 5.39. The van der Waals surface area contributed by atoms with Gasteiger partial charge in [-0.3, -0.25) is 0 Å². The largest absolute Gasteiger partial charge is 0.308 e. The van der Waals surface area contributed by atoms with E-state index in [4.69, 9.17) is 0 Å². The molecule has 0 amide bonds. The molecule has 0 N–H and O–H groups in total. The molecule has 2 heteroatoms. The van der Waals surface area contributed by atoms with Crippen LogP contribution < -0.4 is 0 Å². The van der Waals surface area contributed by atoms with Crippen LogP contribution in [0.15, 0.2) is 66.7 Å². The molecule has 5 rings (SSSR count). The second-order valence-corrected chi connectivity index (χ2v) is 7.19. The van der Waals surface area contributed by atoms with Crippen LogP contribution in [0.5, 0.6) is 0 Å². The van der Waals surface area contributed by atoms with Gasteiger partial charge in [-0.2, -0.15) is 0 Å². The Hall–Kier alpha value is -2.32. The number of rotatable bonds is 0. The molecule has 0 aliphatic carbocycles. The van der Waals surface area contributed by atoms with Crippen molar-refractivity contribution in [2.75, 3.05) is 0 Å². The fourth-order valence-electron chi connectivity index (χ4n) is 3.38. The molecule has 23 heavy (non-hydrogen) atoms. The van der Waals surface area contributed by atoms with Crippen molar-refractivity contribution in [1.82, 2.24) is 4.40 Å². The van der Waals surface area contributed by atoms with Crippen molar-refractivity contribution in [2.45, 2.75) is 20.5 Å². The van der Waals surface area contributed by atoms with Gasteiger partial charge in [-0.05, 0) is 12.1 Å². The summed E-state index contributed by atoms with van der Waals surface area (Å²) in [5.41, 5.74) is 3.95. The maximum Gasteiger partial charge on any atom is 0.0620 e. The van der Waals surface area contributed by atoms with E-state index >= 15 is 0 Å². The van der Waals surface area contributed by atoms with Crippen molar-refractivity contribution < 1.29 is 0 Å². The topological polar surface area (TPSA) is 4.41 Å². The van der Waals surface area contributed by atoms with Crippen molar-refractivity contribution in [2.24, 2.45) is 0 Å². The minimum Gasteiger partial charge on any atom is -0.308 e. The van der Waals surface area contributed by atoms with E-state index in [2.05, 4.69) is 84.2 Å². The Kier molecular flexibility index (Phi) is 4.10. The molecule has 0 fully saturated rings. The monoisotopic (exact) mass is 317 g/mol. The number of hydrogen-bond acceptors (Lipinski definition) is 0. The normalized spacial score (nSPS) is 10.9. The van der Waals surface area contributed by atoms with Gasteiger partial charge >= 0.3 is 0 Å². The van der Waals surface area contributed by atoms with Crippen molar-refractivity contribution in [3.63, 3.8) is 0 Å². The smallest absolute Gasteiger partial charge is 0.0620 e. The van der Waals surface area contributed by atoms with Gasteiger partial charge in [0.25, 0.3) is 0 Å². The molecule has 116 valence electrons. The van der Waals surface area contributed by atoms with Gasteiger partial charge in [0.1, 0.15) is 0 Å². The van der Waals surface area contributed by atoms with Gasteiger partial charge in [0.05, 0.1) is 16.6 Å². The van der Waals surface area contributed by atoms with Crippen LogP contribution in [0.2, 0.25) is 13.1 Å². The van der Waals surface area contributed by atoms with Gasteiger partial charge in [0.15, 0.2) is 0 Å². The summed E-state index contributed by atoms with van der Waals surface area (Å²) in [6.07, 6.45) is 0. The van der Waals surface area contributed by atoms with Crippen LogP contribution >= 0.6 is 0 Å². The first-order valence-electron chi connectivity index (χ1n) is 7.98. The average Bonchev–Trinajstić information content (AvgIpc) is 3.07. The van der Waals surface area contributed by atoms with Crippen LogP contribution in [0.25, 0.3) is 38.1 Å². The lowest BCUT2D eigenvalue weighted by molar-refractivity contribution is 1.37. The summed E-state index contributed by atoms with van der Waals surface area (Å²) in [6.45, 7) is 4.53. The first-order valence-corrected chi connectivity index (χ1v) is 10.8. The number of benzene rings is 3.